The Bertz CT molecular complexity index is 653. The van der Waals surface area contributed by atoms with Gasteiger partial charge in [-0.25, -0.2) is 8.78 Å². The summed E-state index contributed by atoms with van der Waals surface area (Å²) in [5.41, 5.74) is 1.92. The van der Waals surface area contributed by atoms with Crippen LogP contribution in [0.4, 0.5) is 14.5 Å². The Morgan fingerprint density at radius 3 is 2.38 bits per heavy atom. The zero-order chi connectivity index (χ0) is 15.4. The van der Waals surface area contributed by atoms with Gasteiger partial charge in [-0.2, -0.15) is 0 Å². The maximum Gasteiger partial charge on any atom is 0.234 e. The van der Waals surface area contributed by atoms with E-state index in [1.165, 1.54) is 23.4 Å². The van der Waals surface area contributed by atoms with E-state index in [0.29, 0.717) is 0 Å². The van der Waals surface area contributed by atoms with E-state index in [1.807, 2.05) is 32.0 Å². The van der Waals surface area contributed by atoms with Crippen LogP contribution in [0.1, 0.15) is 11.1 Å². The first-order chi connectivity index (χ1) is 9.97. The van der Waals surface area contributed by atoms with E-state index < -0.39 is 23.2 Å². The fraction of sp³-hybridized carbons (Fsp3) is 0.188. The predicted octanol–water partition coefficient (Wildman–Crippen LogP) is 4.31. The van der Waals surface area contributed by atoms with Gasteiger partial charge in [0.15, 0.2) is 0 Å². The van der Waals surface area contributed by atoms with Gasteiger partial charge in [0.1, 0.15) is 17.3 Å². The highest BCUT2D eigenvalue weighted by atomic mass is 32.2. The minimum Gasteiger partial charge on any atom is -0.320 e. The smallest absolute Gasteiger partial charge is 0.234 e. The molecule has 0 aliphatic heterocycles. The van der Waals surface area contributed by atoms with E-state index in [9.17, 15) is 13.6 Å². The van der Waals surface area contributed by atoms with Crippen molar-refractivity contribution in [3.63, 3.8) is 0 Å². The first kappa shape index (κ1) is 15.5. The molecule has 0 heterocycles. The number of aryl methyl sites for hydroxylation is 2. The van der Waals surface area contributed by atoms with E-state index >= 15 is 0 Å². The van der Waals surface area contributed by atoms with Gasteiger partial charge in [0, 0.05) is 4.90 Å². The van der Waals surface area contributed by atoms with Gasteiger partial charge in [0.2, 0.25) is 5.91 Å². The second-order valence-corrected chi connectivity index (χ2v) is 5.73. The molecule has 110 valence electrons. The average Bonchev–Trinajstić information content (AvgIpc) is 2.44. The molecule has 0 aliphatic rings. The van der Waals surface area contributed by atoms with Crippen LogP contribution in [0.2, 0.25) is 0 Å². The minimum atomic E-state index is -0.778. The van der Waals surface area contributed by atoms with Gasteiger partial charge < -0.3 is 5.32 Å². The molecule has 0 unspecified atom stereocenters. The van der Waals surface area contributed by atoms with Crippen molar-refractivity contribution in [1.29, 1.82) is 0 Å². The molecule has 0 aliphatic carbocycles. The van der Waals surface area contributed by atoms with E-state index in [0.717, 1.165) is 22.6 Å². The summed E-state index contributed by atoms with van der Waals surface area (Å²) < 4.78 is 26.8. The van der Waals surface area contributed by atoms with Crippen LogP contribution in [0.3, 0.4) is 0 Å². The Morgan fingerprint density at radius 1 is 1.10 bits per heavy atom. The van der Waals surface area contributed by atoms with Crippen LogP contribution in [0.5, 0.6) is 0 Å². The molecule has 1 amide bonds. The van der Waals surface area contributed by atoms with Gasteiger partial charge in [0.05, 0.1) is 5.75 Å². The number of carbonyl (C=O) groups excluding carboxylic acids is 1. The maximum absolute atomic E-state index is 13.4. The van der Waals surface area contributed by atoms with Gasteiger partial charge in [-0.15, -0.1) is 11.8 Å². The number of hydrogen-bond donors (Lipinski definition) is 1. The van der Waals surface area contributed by atoms with Crippen molar-refractivity contribution in [2.24, 2.45) is 0 Å². The summed E-state index contributed by atoms with van der Waals surface area (Å²) in [6.07, 6.45) is 0. The molecular weight excluding hydrogens is 292 g/mol. The van der Waals surface area contributed by atoms with Gasteiger partial charge in [-0.1, -0.05) is 12.1 Å². The Hall–Kier alpha value is -1.88. The third kappa shape index (κ3) is 4.04. The van der Waals surface area contributed by atoms with Gasteiger partial charge >= 0.3 is 0 Å². The number of para-hydroxylation sites is 1. The molecule has 5 heteroatoms. The molecule has 0 bridgehead atoms. The Labute approximate surface area is 126 Å². The number of hydrogen-bond acceptors (Lipinski definition) is 2. The summed E-state index contributed by atoms with van der Waals surface area (Å²) in [6, 6.07) is 9.35. The van der Waals surface area contributed by atoms with Crippen molar-refractivity contribution in [1.82, 2.24) is 0 Å². The third-order valence-electron chi connectivity index (χ3n) is 3.08. The number of thioether (sulfide) groups is 1. The first-order valence-electron chi connectivity index (χ1n) is 6.41. The lowest BCUT2D eigenvalue weighted by Gasteiger charge is -2.08. The molecule has 2 aromatic carbocycles. The summed E-state index contributed by atoms with van der Waals surface area (Å²) >= 11 is 1.33. The normalized spacial score (nSPS) is 10.5. The number of benzene rings is 2. The molecule has 0 aromatic heterocycles. The fourth-order valence-electron chi connectivity index (χ4n) is 1.75. The van der Waals surface area contributed by atoms with E-state index in [2.05, 4.69) is 5.32 Å². The molecular formula is C16H15F2NOS. The largest absolute Gasteiger partial charge is 0.320 e. The predicted molar refractivity (Wildman–Crippen MR) is 81.6 cm³/mol. The van der Waals surface area contributed by atoms with Gasteiger partial charge in [-0.3, -0.25) is 4.79 Å². The van der Waals surface area contributed by atoms with E-state index in [4.69, 9.17) is 0 Å². The molecule has 0 spiro atoms. The highest BCUT2D eigenvalue weighted by Crippen LogP contribution is 2.22. The topological polar surface area (TPSA) is 29.1 Å². The molecule has 2 aromatic rings. The number of anilines is 1. The lowest BCUT2D eigenvalue weighted by Crippen LogP contribution is -2.16. The monoisotopic (exact) mass is 307 g/mol. The quantitative estimate of drug-likeness (QED) is 0.853. The van der Waals surface area contributed by atoms with Crippen LogP contribution in [0.25, 0.3) is 0 Å². The van der Waals surface area contributed by atoms with Crippen LogP contribution in [0.15, 0.2) is 41.3 Å². The molecule has 0 saturated heterocycles. The van der Waals surface area contributed by atoms with Crippen molar-refractivity contribution >= 4 is 23.4 Å². The summed E-state index contributed by atoms with van der Waals surface area (Å²) in [5, 5.41) is 2.26. The number of rotatable bonds is 4. The molecule has 0 fully saturated rings. The lowest BCUT2D eigenvalue weighted by molar-refractivity contribution is -0.113. The molecule has 0 radical (unpaired) electrons. The van der Waals surface area contributed by atoms with Gasteiger partial charge in [0.25, 0.3) is 0 Å². The van der Waals surface area contributed by atoms with Crippen molar-refractivity contribution in [3.05, 3.63) is 59.2 Å². The Kier molecular flexibility index (Phi) is 4.96. The molecule has 0 atom stereocenters. The van der Waals surface area contributed by atoms with Crippen molar-refractivity contribution in [2.75, 3.05) is 11.1 Å². The highest BCUT2D eigenvalue weighted by molar-refractivity contribution is 8.00. The zero-order valence-corrected chi connectivity index (χ0v) is 12.6. The fourth-order valence-corrected chi connectivity index (χ4v) is 2.54. The maximum atomic E-state index is 13.4. The van der Waals surface area contributed by atoms with Crippen LogP contribution in [-0.2, 0) is 4.79 Å². The van der Waals surface area contributed by atoms with Crippen LogP contribution in [0, 0.1) is 25.5 Å². The average molecular weight is 307 g/mol. The number of halogens is 2. The third-order valence-corrected chi connectivity index (χ3v) is 4.07. The molecule has 2 nitrogen and oxygen atoms in total. The second kappa shape index (κ2) is 6.72. The van der Waals surface area contributed by atoms with Crippen molar-refractivity contribution < 1.29 is 13.6 Å². The molecule has 1 N–H and O–H groups in total. The molecule has 0 saturated carbocycles. The SMILES string of the molecule is Cc1ccc(SCC(=O)Nc2c(F)cccc2F)cc1C. The highest BCUT2D eigenvalue weighted by Gasteiger charge is 2.12. The first-order valence-corrected chi connectivity index (χ1v) is 7.40. The van der Waals surface area contributed by atoms with Gasteiger partial charge in [-0.05, 0) is 49.2 Å². The summed E-state index contributed by atoms with van der Waals surface area (Å²) in [6.45, 7) is 4.01. The van der Waals surface area contributed by atoms with Crippen molar-refractivity contribution in [2.45, 2.75) is 18.7 Å². The minimum absolute atomic E-state index is 0.0935. The number of amides is 1. The lowest BCUT2D eigenvalue weighted by atomic mass is 10.1. The number of nitrogens with one attached hydrogen (secondary N) is 1. The zero-order valence-electron chi connectivity index (χ0n) is 11.7. The Morgan fingerprint density at radius 2 is 1.76 bits per heavy atom. The van der Waals surface area contributed by atoms with E-state index in [1.54, 1.807) is 0 Å². The summed E-state index contributed by atoms with van der Waals surface area (Å²) in [4.78, 5) is 12.7. The second-order valence-electron chi connectivity index (χ2n) is 4.68. The molecule has 21 heavy (non-hydrogen) atoms. The Balaban J connectivity index is 1.97. The van der Waals surface area contributed by atoms with Crippen molar-refractivity contribution in [3.8, 4) is 0 Å². The summed E-state index contributed by atoms with van der Waals surface area (Å²) in [7, 11) is 0. The standard InChI is InChI=1S/C16H15F2NOS/c1-10-6-7-12(8-11(10)2)21-9-15(20)19-16-13(17)4-3-5-14(16)18/h3-8H,9H2,1-2H3,(H,19,20). The number of carbonyl (C=O) groups is 1. The summed E-state index contributed by atoms with van der Waals surface area (Å²) in [5.74, 6) is -1.91. The van der Waals surface area contributed by atoms with E-state index in [-0.39, 0.29) is 5.75 Å². The van der Waals surface area contributed by atoms with Crippen LogP contribution < -0.4 is 5.32 Å². The molecule has 2 rings (SSSR count). The van der Waals surface area contributed by atoms with Crippen LogP contribution >= 0.6 is 11.8 Å². The van der Waals surface area contributed by atoms with Crippen LogP contribution in [-0.4, -0.2) is 11.7 Å².